The van der Waals surface area contributed by atoms with E-state index in [4.69, 9.17) is 4.74 Å². The molecule has 2 aliphatic rings. The van der Waals surface area contributed by atoms with Crippen molar-refractivity contribution in [2.45, 2.75) is 38.8 Å². The topological polar surface area (TPSA) is 56.2 Å². The Bertz CT molecular complexity index is 747. The first-order valence-corrected chi connectivity index (χ1v) is 8.71. The monoisotopic (exact) mass is 325 g/mol. The van der Waals surface area contributed by atoms with E-state index in [1.165, 1.54) is 11.1 Å². The maximum Gasteiger partial charge on any atom is 0.287 e. The van der Waals surface area contributed by atoms with Crippen molar-refractivity contribution in [1.82, 2.24) is 14.9 Å². The smallest absolute Gasteiger partial charge is 0.287 e. The van der Waals surface area contributed by atoms with Crippen molar-refractivity contribution < 1.29 is 9.53 Å². The summed E-state index contributed by atoms with van der Waals surface area (Å²) in [5.41, 5.74) is 2.67. The number of ether oxygens (including phenoxy) is 1. The zero-order valence-electron chi connectivity index (χ0n) is 14.0. The van der Waals surface area contributed by atoms with E-state index in [1.54, 1.807) is 6.20 Å². The minimum absolute atomic E-state index is 0.0344. The van der Waals surface area contributed by atoms with E-state index in [0.29, 0.717) is 5.82 Å². The number of fused-ring (bicyclic) bond motifs is 1. The molecule has 1 aliphatic carbocycles. The summed E-state index contributed by atoms with van der Waals surface area (Å²) in [6.07, 6.45) is 6.51. The van der Waals surface area contributed by atoms with Crippen molar-refractivity contribution in [3.8, 4) is 0 Å². The second kappa shape index (κ2) is 6.06. The van der Waals surface area contributed by atoms with Crippen LogP contribution in [0.3, 0.4) is 0 Å². The molecule has 0 unspecified atom stereocenters. The van der Waals surface area contributed by atoms with Crippen molar-refractivity contribution in [3.63, 3.8) is 0 Å². The van der Waals surface area contributed by atoms with E-state index in [1.807, 2.05) is 17.7 Å². The maximum atomic E-state index is 12.9. The molecule has 1 amide bonds. The van der Waals surface area contributed by atoms with Crippen molar-refractivity contribution >= 4 is 5.91 Å². The van der Waals surface area contributed by atoms with Crippen LogP contribution < -0.4 is 5.32 Å². The SMILES string of the molecule is CCn1ccnc1C(=O)N[C@H]1c2ccccc2CC12CCOCC2. The van der Waals surface area contributed by atoms with Crippen LogP contribution in [0.5, 0.6) is 0 Å². The third kappa shape index (κ3) is 2.44. The second-order valence-electron chi connectivity index (χ2n) is 6.79. The molecule has 0 bridgehead atoms. The van der Waals surface area contributed by atoms with Gasteiger partial charge in [-0.15, -0.1) is 0 Å². The minimum atomic E-state index is -0.0885. The Hall–Kier alpha value is -2.14. The third-order valence-electron chi connectivity index (χ3n) is 5.54. The van der Waals surface area contributed by atoms with E-state index < -0.39 is 0 Å². The van der Waals surface area contributed by atoms with Crippen LogP contribution in [0.25, 0.3) is 0 Å². The lowest BCUT2D eigenvalue weighted by Gasteiger charge is -2.39. The predicted molar refractivity (Wildman–Crippen MR) is 90.7 cm³/mol. The molecule has 1 fully saturated rings. The second-order valence-corrected chi connectivity index (χ2v) is 6.79. The van der Waals surface area contributed by atoms with Crippen LogP contribution in [0.15, 0.2) is 36.7 Å². The standard InChI is InChI=1S/C19H23N3O2/c1-2-22-10-9-20-17(22)18(23)21-16-15-6-4-3-5-14(15)13-19(16)7-11-24-12-8-19/h3-6,9-10,16H,2,7-8,11-13H2,1H3,(H,21,23)/t16-/m0/s1. The van der Waals surface area contributed by atoms with E-state index in [9.17, 15) is 4.79 Å². The van der Waals surface area contributed by atoms with Crippen LogP contribution in [0, 0.1) is 5.41 Å². The fraction of sp³-hybridized carbons (Fsp3) is 0.474. The van der Waals surface area contributed by atoms with Gasteiger partial charge in [0.15, 0.2) is 5.82 Å². The van der Waals surface area contributed by atoms with Crippen LogP contribution >= 0.6 is 0 Å². The Morgan fingerprint density at radius 1 is 1.38 bits per heavy atom. The molecule has 1 saturated heterocycles. The molecule has 1 spiro atoms. The number of amides is 1. The molecule has 1 atom stereocenters. The Morgan fingerprint density at radius 3 is 2.96 bits per heavy atom. The van der Waals surface area contributed by atoms with Gasteiger partial charge in [-0.2, -0.15) is 0 Å². The molecule has 1 N–H and O–H groups in total. The van der Waals surface area contributed by atoms with Crippen molar-refractivity contribution in [2.75, 3.05) is 13.2 Å². The third-order valence-corrected chi connectivity index (χ3v) is 5.54. The molecule has 1 aromatic heterocycles. The lowest BCUT2D eigenvalue weighted by Crippen LogP contribution is -2.42. The van der Waals surface area contributed by atoms with Gasteiger partial charge in [-0.1, -0.05) is 24.3 Å². The number of hydrogen-bond acceptors (Lipinski definition) is 3. The summed E-state index contributed by atoms with van der Waals surface area (Å²) in [7, 11) is 0. The Morgan fingerprint density at radius 2 is 2.17 bits per heavy atom. The fourth-order valence-electron chi connectivity index (χ4n) is 4.23. The number of hydrogen-bond donors (Lipinski definition) is 1. The first kappa shape index (κ1) is 15.4. The highest BCUT2D eigenvalue weighted by Crippen LogP contribution is 2.51. The quantitative estimate of drug-likeness (QED) is 0.944. The zero-order valence-corrected chi connectivity index (χ0v) is 14.0. The summed E-state index contributed by atoms with van der Waals surface area (Å²) in [6.45, 7) is 4.29. The molecule has 5 nitrogen and oxygen atoms in total. The summed E-state index contributed by atoms with van der Waals surface area (Å²) in [4.78, 5) is 17.1. The van der Waals surface area contributed by atoms with Gasteiger partial charge in [0.05, 0.1) is 6.04 Å². The fourth-order valence-corrected chi connectivity index (χ4v) is 4.23. The molecule has 4 rings (SSSR count). The molecule has 1 aromatic carbocycles. The Labute approximate surface area is 142 Å². The normalized spacial score (nSPS) is 21.6. The molecule has 2 aromatic rings. The predicted octanol–water partition coefficient (Wildman–Crippen LogP) is 2.73. The molecule has 1 aliphatic heterocycles. The number of rotatable bonds is 3. The van der Waals surface area contributed by atoms with Crippen LogP contribution in [0.2, 0.25) is 0 Å². The molecule has 126 valence electrons. The van der Waals surface area contributed by atoms with Gasteiger partial charge in [-0.05, 0) is 37.3 Å². The van der Waals surface area contributed by atoms with E-state index in [2.05, 4.69) is 34.6 Å². The average Bonchev–Trinajstić information content (AvgIpc) is 3.19. The molecule has 2 heterocycles. The van der Waals surface area contributed by atoms with Crippen molar-refractivity contribution in [3.05, 3.63) is 53.6 Å². The first-order valence-electron chi connectivity index (χ1n) is 8.71. The van der Waals surface area contributed by atoms with Crippen LogP contribution in [-0.2, 0) is 17.7 Å². The number of nitrogens with one attached hydrogen (secondary N) is 1. The van der Waals surface area contributed by atoms with Gasteiger partial charge in [0.1, 0.15) is 0 Å². The van der Waals surface area contributed by atoms with Gasteiger partial charge in [-0.3, -0.25) is 4.79 Å². The lowest BCUT2D eigenvalue weighted by atomic mass is 9.74. The highest BCUT2D eigenvalue weighted by atomic mass is 16.5. The zero-order chi connectivity index (χ0) is 16.6. The largest absolute Gasteiger partial charge is 0.381 e. The number of aryl methyl sites for hydroxylation is 1. The van der Waals surface area contributed by atoms with Gasteiger partial charge in [0, 0.05) is 37.6 Å². The van der Waals surface area contributed by atoms with Gasteiger partial charge in [0.25, 0.3) is 5.91 Å². The molecule has 24 heavy (non-hydrogen) atoms. The highest BCUT2D eigenvalue weighted by Gasteiger charge is 2.47. The summed E-state index contributed by atoms with van der Waals surface area (Å²) >= 11 is 0. The van der Waals surface area contributed by atoms with E-state index in [0.717, 1.165) is 39.0 Å². The Kier molecular flexibility index (Phi) is 3.88. The lowest BCUT2D eigenvalue weighted by molar-refractivity contribution is 0.000437. The maximum absolute atomic E-state index is 12.9. The number of benzene rings is 1. The van der Waals surface area contributed by atoms with Gasteiger partial charge in [-0.25, -0.2) is 4.98 Å². The summed E-state index contributed by atoms with van der Waals surface area (Å²) in [6, 6.07) is 8.51. The van der Waals surface area contributed by atoms with Gasteiger partial charge >= 0.3 is 0 Å². The van der Waals surface area contributed by atoms with Crippen LogP contribution in [0.1, 0.15) is 47.6 Å². The number of carbonyl (C=O) groups is 1. The molecular formula is C19H23N3O2. The van der Waals surface area contributed by atoms with E-state index >= 15 is 0 Å². The number of nitrogens with zero attached hydrogens (tertiary/aromatic N) is 2. The summed E-state index contributed by atoms with van der Waals surface area (Å²) in [5, 5.41) is 3.29. The molecule has 0 saturated carbocycles. The van der Waals surface area contributed by atoms with Crippen LogP contribution in [-0.4, -0.2) is 28.7 Å². The highest BCUT2D eigenvalue weighted by molar-refractivity contribution is 5.91. The number of carbonyl (C=O) groups excluding carboxylic acids is 1. The molecule has 5 heteroatoms. The Balaban J connectivity index is 1.66. The molecular weight excluding hydrogens is 302 g/mol. The van der Waals surface area contributed by atoms with Crippen molar-refractivity contribution in [1.29, 1.82) is 0 Å². The summed E-state index contributed by atoms with van der Waals surface area (Å²) in [5.74, 6) is 0.401. The summed E-state index contributed by atoms with van der Waals surface area (Å²) < 4.78 is 7.47. The first-order chi connectivity index (χ1) is 11.7. The van der Waals surface area contributed by atoms with Crippen LogP contribution in [0.4, 0.5) is 0 Å². The number of aromatic nitrogens is 2. The van der Waals surface area contributed by atoms with Gasteiger partial charge < -0.3 is 14.6 Å². The number of imidazole rings is 1. The van der Waals surface area contributed by atoms with E-state index in [-0.39, 0.29) is 17.4 Å². The minimum Gasteiger partial charge on any atom is -0.381 e. The van der Waals surface area contributed by atoms with Crippen molar-refractivity contribution in [2.24, 2.45) is 5.41 Å². The molecule has 0 radical (unpaired) electrons. The van der Waals surface area contributed by atoms with Gasteiger partial charge in [0.2, 0.25) is 0 Å². The average molecular weight is 325 g/mol.